The van der Waals surface area contributed by atoms with Crippen molar-refractivity contribution in [1.82, 2.24) is 9.97 Å². The summed E-state index contributed by atoms with van der Waals surface area (Å²) in [7, 11) is 0. The van der Waals surface area contributed by atoms with Crippen molar-refractivity contribution in [2.45, 2.75) is 52.2 Å². The third-order valence-electron chi connectivity index (χ3n) is 4.79. The molecule has 0 bridgehead atoms. The lowest BCUT2D eigenvalue weighted by Crippen LogP contribution is -2.11. The molecule has 6 heteroatoms. The van der Waals surface area contributed by atoms with Gasteiger partial charge in [0.25, 0.3) is 0 Å². The first-order valence-electron chi connectivity index (χ1n) is 9.51. The van der Waals surface area contributed by atoms with Gasteiger partial charge in [-0.05, 0) is 66.7 Å². The summed E-state index contributed by atoms with van der Waals surface area (Å²) < 4.78 is 12.7. The van der Waals surface area contributed by atoms with Crippen LogP contribution in [0.4, 0.5) is 5.82 Å². The van der Waals surface area contributed by atoms with Gasteiger partial charge in [0.1, 0.15) is 23.0 Å². The average molecular weight is 430 g/mol. The van der Waals surface area contributed by atoms with Gasteiger partial charge in [-0.2, -0.15) is 0 Å². The largest absolute Gasteiger partial charge is 0.492 e. The number of hydrogen-bond acceptors (Lipinski definition) is 5. The number of hydrogen-bond donors (Lipinski definition) is 1. The molecule has 1 aliphatic heterocycles. The Labute approximate surface area is 168 Å². The first-order valence-corrected chi connectivity index (χ1v) is 10.3. The van der Waals surface area contributed by atoms with Gasteiger partial charge in [-0.3, -0.25) is 0 Å². The topological polar surface area (TPSA) is 56.3 Å². The first-order chi connectivity index (χ1) is 13.1. The van der Waals surface area contributed by atoms with Crippen molar-refractivity contribution < 1.29 is 9.47 Å². The van der Waals surface area contributed by atoms with Crippen LogP contribution in [-0.2, 0) is 17.7 Å². The maximum absolute atomic E-state index is 6.09. The molecule has 3 heterocycles. The molecule has 0 aromatic carbocycles. The molecule has 1 N–H and O–H groups in total. The number of fused-ring (bicyclic) bond motifs is 1. The zero-order chi connectivity index (χ0) is 18.8. The summed E-state index contributed by atoms with van der Waals surface area (Å²) in [4.78, 5) is 9.35. The zero-order valence-corrected chi connectivity index (χ0v) is 17.3. The molecule has 0 amide bonds. The van der Waals surface area contributed by atoms with E-state index in [2.05, 4.69) is 40.1 Å². The zero-order valence-electron chi connectivity index (χ0n) is 15.7. The Kier molecular flexibility index (Phi) is 5.34. The van der Waals surface area contributed by atoms with Crippen LogP contribution in [0.2, 0.25) is 0 Å². The third-order valence-corrected chi connectivity index (χ3v) is 5.36. The van der Waals surface area contributed by atoms with Crippen molar-refractivity contribution in [2.75, 3.05) is 11.9 Å². The van der Waals surface area contributed by atoms with Crippen LogP contribution in [0.25, 0.3) is 5.76 Å². The molecule has 1 saturated carbocycles. The molecule has 0 saturated heterocycles. The number of pyridine rings is 2. The van der Waals surface area contributed by atoms with Gasteiger partial charge in [0, 0.05) is 18.2 Å². The SMILES string of the molecule is CC(C)OC(=C1CCC1)c1cccc(CNc2ncc(Br)c3c2CCO3)n1. The molecule has 0 unspecified atom stereocenters. The Balaban J connectivity index is 1.53. The van der Waals surface area contributed by atoms with E-state index in [-0.39, 0.29) is 6.10 Å². The van der Waals surface area contributed by atoms with Crippen molar-refractivity contribution in [1.29, 1.82) is 0 Å². The second kappa shape index (κ2) is 7.89. The summed E-state index contributed by atoms with van der Waals surface area (Å²) in [5.41, 5.74) is 4.40. The molecule has 0 spiro atoms. The van der Waals surface area contributed by atoms with Crippen LogP contribution in [-0.4, -0.2) is 22.7 Å². The van der Waals surface area contributed by atoms with Gasteiger partial charge in [-0.1, -0.05) is 6.07 Å². The molecule has 1 fully saturated rings. The number of aromatic nitrogens is 2. The van der Waals surface area contributed by atoms with E-state index in [0.717, 1.165) is 58.0 Å². The van der Waals surface area contributed by atoms with Crippen LogP contribution in [0.1, 0.15) is 50.1 Å². The van der Waals surface area contributed by atoms with E-state index in [1.165, 1.54) is 12.0 Å². The lowest BCUT2D eigenvalue weighted by Gasteiger charge is -2.24. The summed E-state index contributed by atoms with van der Waals surface area (Å²) in [5, 5.41) is 3.42. The van der Waals surface area contributed by atoms with Gasteiger partial charge in [0.05, 0.1) is 29.4 Å². The molecular weight excluding hydrogens is 406 g/mol. The standard InChI is InChI=1S/C21H24BrN3O2/c1-13(2)27-19(14-5-3-6-14)18-8-4-7-15(25-18)11-23-21-16-9-10-26-20(16)17(22)12-24-21/h4,7-8,12-13H,3,5-6,9-11H2,1-2H3,(H,23,24). The number of rotatable bonds is 6. The van der Waals surface area contributed by atoms with Gasteiger partial charge in [0.15, 0.2) is 0 Å². The Bertz CT molecular complexity index is 874. The highest BCUT2D eigenvalue weighted by atomic mass is 79.9. The van der Waals surface area contributed by atoms with Crippen LogP contribution in [0, 0.1) is 0 Å². The van der Waals surface area contributed by atoms with E-state index in [9.17, 15) is 0 Å². The predicted molar refractivity (Wildman–Crippen MR) is 110 cm³/mol. The highest BCUT2D eigenvalue weighted by Crippen LogP contribution is 2.37. The molecule has 2 aromatic rings. The summed E-state index contributed by atoms with van der Waals surface area (Å²) in [6.45, 7) is 5.43. The third kappa shape index (κ3) is 3.95. The van der Waals surface area contributed by atoms with Crippen molar-refractivity contribution in [2.24, 2.45) is 0 Å². The predicted octanol–water partition coefficient (Wildman–Crippen LogP) is 5.11. The molecule has 0 atom stereocenters. The Morgan fingerprint density at radius 3 is 2.89 bits per heavy atom. The van der Waals surface area contributed by atoms with E-state index < -0.39 is 0 Å². The Hall–Kier alpha value is -2.08. The quantitative estimate of drug-likeness (QED) is 0.646. The number of ether oxygens (including phenoxy) is 2. The molecule has 2 aliphatic rings. The minimum atomic E-state index is 0.145. The summed E-state index contributed by atoms with van der Waals surface area (Å²) in [6, 6.07) is 6.12. The molecule has 142 valence electrons. The molecule has 5 nitrogen and oxygen atoms in total. The van der Waals surface area contributed by atoms with Crippen LogP contribution in [0.15, 0.2) is 34.4 Å². The fraction of sp³-hybridized carbons (Fsp3) is 0.429. The minimum absolute atomic E-state index is 0.145. The molecule has 1 aliphatic carbocycles. The second-order valence-corrected chi connectivity index (χ2v) is 8.04. The average Bonchev–Trinajstić information content (AvgIpc) is 3.10. The Morgan fingerprint density at radius 2 is 2.15 bits per heavy atom. The van der Waals surface area contributed by atoms with Gasteiger partial charge < -0.3 is 14.8 Å². The van der Waals surface area contributed by atoms with E-state index >= 15 is 0 Å². The molecule has 27 heavy (non-hydrogen) atoms. The minimum Gasteiger partial charge on any atom is -0.492 e. The van der Waals surface area contributed by atoms with Crippen LogP contribution in [0.3, 0.4) is 0 Å². The van der Waals surface area contributed by atoms with Gasteiger partial charge in [-0.25, -0.2) is 9.97 Å². The molecular formula is C21H24BrN3O2. The van der Waals surface area contributed by atoms with Crippen molar-refractivity contribution in [3.8, 4) is 5.75 Å². The fourth-order valence-corrected chi connectivity index (χ4v) is 3.78. The van der Waals surface area contributed by atoms with E-state index in [1.807, 2.05) is 18.2 Å². The number of halogens is 1. The summed E-state index contributed by atoms with van der Waals surface area (Å²) in [5.74, 6) is 2.74. The number of nitrogens with one attached hydrogen (secondary N) is 1. The lowest BCUT2D eigenvalue weighted by atomic mass is 9.90. The Morgan fingerprint density at radius 1 is 1.30 bits per heavy atom. The smallest absolute Gasteiger partial charge is 0.144 e. The maximum atomic E-state index is 6.09. The highest BCUT2D eigenvalue weighted by molar-refractivity contribution is 9.10. The molecule has 4 rings (SSSR count). The van der Waals surface area contributed by atoms with E-state index in [0.29, 0.717) is 13.2 Å². The van der Waals surface area contributed by atoms with Crippen molar-refractivity contribution in [3.63, 3.8) is 0 Å². The number of allylic oxidation sites excluding steroid dienone is 1. The normalized spacial score (nSPS) is 15.2. The van der Waals surface area contributed by atoms with Gasteiger partial charge in [0.2, 0.25) is 0 Å². The maximum Gasteiger partial charge on any atom is 0.144 e. The van der Waals surface area contributed by atoms with Gasteiger partial charge in [-0.15, -0.1) is 0 Å². The van der Waals surface area contributed by atoms with E-state index in [1.54, 1.807) is 6.20 Å². The first kappa shape index (κ1) is 18.3. The lowest BCUT2D eigenvalue weighted by molar-refractivity contribution is 0.198. The summed E-state index contributed by atoms with van der Waals surface area (Å²) in [6.07, 6.45) is 6.26. The second-order valence-electron chi connectivity index (χ2n) is 7.18. The van der Waals surface area contributed by atoms with Crippen molar-refractivity contribution >= 4 is 27.5 Å². The fourth-order valence-electron chi connectivity index (χ4n) is 3.32. The van der Waals surface area contributed by atoms with E-state index in [4.69, 9.17) is 14.5 Å². The van der Waals surface area contributed by atoms with Crippen LogP contribution in [0.5, 0.6) is 5.75 Å². The van der Waals surface area contributed by atoms with Crippen LogP contribution < -0.4 is 10.1 Å². The molecule has 0 radical (unpaired) electrons. The number of nitrogens with zero attached hydrogens (tertiary/aromatic N) is 2. The highest BCUT2D eigenvalue weighted by Gasteiger charge is 2.21. The van der Waals surface area contributed by atoms with Crippen molar-refractivity contribution in [3.05, 3.63) is 51.4 Å². The van der Waals surface area contributed by atoms with Crippen LogP contribution >= 0.6 is 15.9 Å². The molecule has 2 aromatic heterocycles. The van der Waals surface area contributed by atoms with Gasteiger partial charge >= 0.3 is 0 Å². The summed E-state index contributed by atoms with van der Waals surface area (Å²) >= 11 is 3.50. The monoisotopic (exact) mass is 429 g/mol. The number of anilines is 1.